The van der Waals surface area contributed by atoms with Crippen LogP contribution in [0.15, 0.2) is 46.3 Å². The molecule has 158 valence electrons. The van der Waals surface area contributed by atoms with Gasteiger partial charge in [0.25, 0.3) is 0 Å². The van der Waals surface area contributed by atoms with Gasteiger partial charge in [0, 0.05) is 45.8 Å². The first-order chi connectivity index (χ1) is 14.6. The number of nitrogens with zero attached hydrogens (tertiary/aromatic N) is 3. The summed E-state index contributed by atoms with van der Waals surface area (Å²) in [5, 5.41) is 5.49. The maximum atomic E-state index is 7.09. The molecular formula is C23H28ClN5S. The Morgan fingerprint density at radius 2 is 1.93 bits per heavy atom. The van der Waals surface area contributed by atoms with E-state index in [9.17, 15) is 0 Å². The number of rotatable bonds is 7. The van der Waals surface area contributed by atoms with E-state index in [1.807, 2.05) is 13.0 Å². The van der Waals surface area contributed by atoms with Crippen LogP contribution >= 0.6 is 20.4 Å². The number of pyridine rings is 1. The molecule has 4 rings (SSSR count). The number of fused-ring (bicyclic) bond motifs is 4. The van der Waals surface area contributed by atoms with Crippen LogP contribution in [0.3, 0.4) is 0 Å². The van der Waals surface area contributed by atoms with Crippen molar-refractivity contribution in [1.29, 1.82) is 0 Å². The molecule has 1 aromatic heterocycles. The Hall–Kier alpha value is -2.15. The average molecular weight is 442 g/mol. The van der Waals surface area contributed by atoms with Crippen LogP contribution in [0.2, 0.25) is 0 Å². The van der Waals surface area contributed by atoms with Gasteiger partial charge in [0.1, 0.15) is 0 Å². The van der Waals surface area contributed by atoms with E-state index in [2.05, 4.69) is 54.4 Å². The number of hydrogen-bond donors (Lipinski definition) is 2. The second-order valence-corrected chi connectivity index (χ2v) is 9.70. The van der Waals surface area contributed by atoms with Crippen molar-refractivity contribution in [2.45, 2.75) is 32.1 Å². The summed E-state index contributed by atoms with van der Waals surface area (Å²) >= 11 is 0. The summed E-state index contributed by atoms with van der Waals surface area (Å²) in [5.74, 6) is 0. The molecule has 30 heavy (non-hydrogen) atoms. The molecule has 2 heterocycles. The van der Waals surface area contributed by atoms with Crippen molar-refractivity contribution in [2.75, 3.05) is 36.4 Å². The molecule has 0 spiro atoms. The van der Waals surface area contributed by atoms with Crippen LogP contribution in [0.25, 0.3) is 10.9 Å². The van der Waals surface area contributed by atoms with E-state index in [1.165, 1.54) is 5.69 Å². The summed E-state index contributed by atoms with van der Waals surface area (Å²) in [7, 11) is 6.50. The van der Waals surface area contributed by atoms with Crippen LogP contribution in [0.1, 0.15) is 26.0 Å². The molecule has 3 aromatic rings. The summed E-state index contributed by atoms with van der Waals surface area (Å²) in [5.41, 5.74) is 10.7. The minimum atomic E-state index is -0.591. The standard InChI is InChI=1S/C23H28ClN5S/c1-4-29(5-2)16-8-10-18-20(13-16)30(24)21-14-19(26-12-6-11-25)22-17(23(21)28-18)9-7-15(3)27-22/h7-10,13-14,26H,4-6,11-12,25H2,1-3H3. The van der Waals surface area contributed by atoms with Crippen molar-refractivity contribution in [3.63, 3.8) is 0 Å². The topological polar surface area (TPSA) is 66.5 Å². The van der Waals surface area contributed by atoms with Gasteiger partial charge < -0.3 is 16.0 Å². The SMILES string of the molecule is CCN(CC)c1ccc2c(c1)=S(Cl)c1cc(NCCCN)c3nc(C)ccc3c1N=2. The fourth-order valence-electron chi connectivity index (χ4n) is 3.83. The average Bonchev–Trinajstić information content (AvgIpc) is 2.75. The first kappa shape index (κ1) is 21.1. The minimum absolute atomic E-state index is 0.591. The van der Waals surface area contributed by atoms with Crippen molar-refractivity contribution < 1.29 is 0 Å². The molecule has 5 nitrogen and oxygen atoms in total. The predicted molar refractivity (Wildman–Crippen MR) is 130 cm³/mol. The van der Waals surface area contributed by atoms with Crippen molar-refractivity contribution in [2.24, 2.45) is 10.7 Å². The largest absolute Gasteiger partial charge is 0.383 e. The molecule has 1 unspecified atom stereocenters. The Kier molecular flexibility index (Phi) is 6.27. The molecule has 0 bridgehead atoms. The number of halogens is 1. The van der Waals surface area contributed by atoms with E-state index in [-0.39, 0.29) is 0 Å². The molecule has 0 aliphatic carbocycles. The third-order valence-electron chi connectivity index (χ3n) is 5.44. The predicted octanol–water partition coefficient (Wildman–Crippen LogP) is 5.15. The number of nitrogens with two attached hydrogens (primary N) is 1. The fraction of sp³-hybridized carbons (Fsp3) is 0.348. The summed E-state index contributed by atoms with van der Waals surface area (Å²) in [6, 6.07) is 12.7. The van der Waals surface area contributed by atoms with E-state index < -0.39 is 9.70 Å². The molecule has 0 radical (unpaired) electrons. The molecule has 1 atom stereocenters. The van der Waals surface area contributed by atoms with Gasteiger partial charge in [-0.3, -0.25) is 4.98 Å². The summed E-state index contributed by atoms with van der Waals surface area (Å²) in [6.45, 7) is 9.73. The lowest BCUT2D eigenvalue weighted by Crippen LogP contribution is -2.22. The van der Waals surface area contributed by atoms with E-state index in [1.54, 1.807) is 0 Å². The summed E-state index contributed by atoms with van der Waals surface area (Å²) in [4.78, 5) is 13.2. The highest BCUT2D eigenvalue weighted by molar-refractivity contribution is 8.29. The van der Waals surface area contributed by atoms with Gasteiger partial charge >= 0.3 is 0 Å². The number of aromatic nitrogens is 1. The maximum Gasteiger partial charge on any atom is 0.0958 e. The van der Waals surface area contributed by atoms with Crippen molar-refractivity contribution in [3.05, 3.63) is 52.0 Å². The highest BCUT2D eigenvalue weighted by Gasteiger charge is 2.19. The van der Waals surface area contributed by atoms with Gasteiger partial charge in [-0.2, -0.15) is 0 Å². The lowest BCUT2D eigenvalue weighted by Gasteiger charge is -2.22. The highest BCUT2D eigenvalue weighted by atomic mass is 35.7. The summed E-state index contributed by atoms with van der Waals surface area (Å²) in [6.07, 6.45) is 0.900. The van der Waals surface area contributed by atoms with Gasteiger partial charge in [0.05, 0.1) is 22.2 Å². The van der Waals surface area contributed by atoms with Gasteiger partial charge in [-0.15, -0.1) is 0 Å². The second kappa shape index (κ2) is 8.92. The number of aryl methyl sites for hydroxylation is 1. The third kappa shape index (κ3) is 3.80. The minimum Gasteiger partial charge on any atom is -0.383 e. The molecule has 3 N–H and O–H groups in total. The lowest BCUT2D eigenvalue weighted by molar-refractivity contribution is 0.865. The number of nitrogens with one attached hydrogen (secondary N) is 1. The second-order valence-electron chi connectivity index (χ2n) is 7.38. The van der Waals surface area contributed by atoms with Gasteiger partial charge in [-0.25, -0.2) is 4.99 Å². The molecule has 0 saturated heterocycles. The number of benzene rings is 2. The first-order valence-electron chi connectivity index (χ1n) is 10.5. The Balaban J connectivity index is 1.94. The van der Waals surface area contributed by atoms with E-state index in [0.717, 1.165) is 68.8 Å². The number of anilines is 2. The van der Waals surface area contributed by atoms with Gasteiger partial charge in [-0.1, -0.05) is 9.70 Å². The van der Waals surface area contributed by atoms with E-state index in [4.69, 9.17) is 26.4 Å². The fourth-order valence-corrected chi connectivity index (χ4v) is 5.86. The lowest BCUT2D eigenvalue weighted by atomic mass is 10.1. The smallest absolute Gasteiger partial charge is 0.0958 e. The molecule has 1 aliphatic heterocycles. The third-order valence-corrected chi connectivity index (χ3v) is 7.85. The van der Waals surface area contributed by atoms with Gasteiger partial charge in [-0.05, 0) is 80.8 Å². The molecule has 0 amide bonds. The quantitative estimate of drug-likeness (QED) is 0.393. The van der Waals surface area contributed by atoms with Crippen molar-refractivity contribution in [1.82, 2.24) is 4.98 Å². The maximum absolute atomic E-state index is 7.09. The zero-order valence-corrected chi connectivity index (χ0v) is 19.3. The van der Waals surface area contributed by atoms with Crippen molar-refractivity contribution >= 4 is 48.3 Å². The molecule has 1 aliphatic rings. The number of hydrogen-bond acceptors (Lipinski definition) is 5. The highest BCUT2D eigenvalue weighted by Crippen LogP contribution is 2.47. The zero-order valence-electron chi connectivity index (χ0n) is 17.7. The van der Waals surface area contributed by atoms with Crippen LogP contribution in [-0.4, -0.2) is 31.2 Å². The molecular weight excluding hydrogens is 414 g/mol. The van der Waals surface area contributed by atoms with Crippen LogP contribution in [0.5, 0.6) is 0 Å². The first-order valence-corrected chi connectivity index (χ1v) is 12.5. The molecule has 2 aromatic carbocycles. The zero-order chi connectivity index (χ0) is 21.3. The summed E-state index contributed by atoms with van der Waals surface area (Å²) < 4.78 is 1.08. The normalized spacial score (nSPS) is 14.8. The Bertz CT molecular complexity index is 1220. The molecule has 7 heteroatoms. The Morgan fingerprint density at radius 3 is 2.67 bits per heavy atom. The van der Waals surface area contributed by atoms with E-state index in [0.29, 0.717) is 6.54 Å². The Labute approximate surface area is 184 Å². The monoisotopic (exact) mass is 441 g/mol. The van der Waals surface area contributed by atoms with Crippen molar-refractivity contribution in [3.8, 4) is 0 Å². The van der Waals surface area contributed by atoms with Crippen LogP contribution < -0.4 is 21.3 Å². The van der Waals surface area contributed by atoms with Crippen LogP contribution in [0, 0.1) is 11.4 Å². The van der Waals surface area contributed by atoms with Gasteiger partial charge in [0.2, 0.25) is 0 Å². The van der Waals surface area contributed by atoms with E-state index >= 15 is 0 Å². The van der Waals surface area contributed by atoms with Crippen LogP contribution in [-0.2, 0) is 0 Å². The molecule has 0 saturated carbocycles. The van der Waals surface area contributed by atoms with Gasteiger partial charge in [0.15, 0.2) is 0 Å². The molecule has 0 fully saturated rings. The Morgan fingerprint density at radius 1 is 1.13 bits per heavy atom. The van der Waals surface area contributed by atoms with Crippen LogP contribution in [0.4, 0.5) is 17.1 Å².